The van der Waals surface area contributed by atoms with Crippen LogP contribution in [-0.4, -0.2) is 29.0 Å². The molecule has 128 valence electrons. The maximum Gasteiger partial charge on any atom is 0.155 e. The van der Waals surface area contributed by atoms with Crippen molar-refractivity contribution >= 4 is 28.0 Å². The number of rotatable bonds is 5. The second kappa shape index (κ2) is 6.81. The topological polar surface area (TPSA) is 55.0 Å². The number of hydrogen-bond donors (Lipinski definition) is 1. The Morgan fingerprint density at radius 1 is 1.36 bits per heavy atom. The Hall–Kier alpha value is -2.46. The molecule has 4 nitrogen and oxygen atoms in total. The number of ether oxygens (including phenoxy) is 1. The number of fused-ring (bicyclic) bond motifs is 1. The number of nitrogens with one attached hydrogen (secondary N) is 1. The van der Waals surface area contributed by atoms with Gasteiger partial charge in [0.25, 0.3) is 0 Å². The second-order valence-corrected chi connectivity index (χ2v) is 6.78. The smallest absolute Gasteiger partial charge is 0.155 e. The Bertz CT molecular complexity index is 888. The molecule has 0 spiro atoms. The number of carbonyl (C=O) groups is 1. The lowest BCUT2D eigenvalue weighted by Crippen LogP contribution is -2.11. The number of pyridine rings is 1. The molecule has 1 N–H and O–H groups in total. The average molecular weight is 334 g/mol. The molecule has 1 aliphatic heterocycles. The van der Waals surface area contributed by atoms with Gasteiger partial charge in [-0.3, -0.25) is 4.79 Å². The lowest BCUT2D eigenvalue weighted by molar-refractivity contribution is -0.115. The van der Waals surface area contributed by atoms with Gasteiger partial charge in [-0.25, -0.2) is 4.98 Å². The van der Waals surface area contributed by atoms with Crippen LogP contribution in [0.2, 0.25) is 0 Å². The van der Waals surface area contributed by atoms with Crippen molar-refractivity contribution < 1.29 is 9.53 Å². The van der Waals surface area contributed by atoms with Crippen molar-refractivity contribution in [3.8, 4) is 0 Å². The summed E-state index contributed by atoms with van der Waals surface area (Å²) in [5.74, 6) is 0.534. The maximum atomic E-state index is 11.7. The monoisotopic (exact) mass is 334 g/mol. The summed E-state index contributed by atoms with van der Waals surface area (Å²) in [7, 11) is 0. The minimum atomic E-state index is 0.140. The first-order chi connectivity index (χ1) is 12.3. The van der Waals surface area contributed by atoms with Crippen LogP contribution in [0.1, 0.15) is 36.8 Å². The molecule has 0 radical (unpaired) electrons. The van der Waals surface area contributed by atoms with E-state index in [-0.39, 0.29) is 5.78 Å². The van der Waals surface area contributed by atoms with Crippen LogP contribution in [-0.2, 0) is 9.53 Å². The zero-order valence-electron chi connectivity index (χ0n) is 14.3. The van der Waals surface area contributed by atoms with Gasteiger partial charge in [0, 0.05) is 29.8 Å². The molecule has 0 amide bonds. The van der Waals surface area contributed by atoms with Crippen molar-refractivity contribution in [1.29, 1.82) is 0 Å². The van der Waals surface area contributed by atoms with Gasteiger partial charge >= 0.3 is 0 Å². The van der Waals surface area contributed by atoms with E-state index in [1.54, 1.807) is 0 Å². The molecule has 0 saturated carbocycles. The predicted octanol–water partition coefficient (Wildman–Crippen LogP) is 4.31. The van der Waals surface area contributed by atoms with Crippen LogP contribution in [0.3, 0.4) is 0 Å². The van der Waals surface area contributed by atoms with E-state index in [1.807, 2.05) is 12.4 Å². The van der Waals surface area contributed by atoms with Crippen molar-refractivity contribution in [3.05, 3.63) is 54.4 Å². The summed E-state index contributed by atoms with van der Waals surface area (Å²) in [6.45, 7) is 4.92. The summed E-state index contributed by atoms with van der Waals surface area (Å²) in [6, 6.07) is 2.10. The Morgan fingerprint density at radius 3 is 3.08 bits per heavy atom. The lowest BCUT2D eigenvalue weighted by Gasteiger charge is -2.23. The first kappa shape index (κ1) is 16.0. The van der Waals surface area contributed by atoms with Gasteiger partial charge in [0.05, 0.1) is 13.2 Å². The van der Waals surface area contributed by atoms with Gasteiger partial charge < -0.3 is 9.72 Å². The van der Waals surface area contributed by atoms with E-state index in [0.717, 1.165) is 24.9 Å². The zero-order valence-corrected chi connectivity index (χ0v) is 14.3. The number of nitrogens with zero attached hydrogens (tertiary/aromatic N) is 1. The molecular weight excluding hydrogens is 312 g/mol. The van der Waals surface area contributed by atoms with E-state index in [0.29, 0.717) is 25.6 Å². The van der Waals surface area contributed by atoms with Gasteiger partial charge in [0.2, 0.25) is 0 Å². The third-order valence-corrected chi connectivity index (χ3v) is 5.16. The molecule has 1 unspecified atom stereocenters. The van der Waals surface area contributed by atoms with Crippen LogP contribution in [0.5, 0.6) is 0 Å². The number of aromatic nitrogens is 2. The highest BCUT2D eigenvalue weighted by molar-refractivity contribution is 5.99. The third-order valence-electron chi connectivity index (χ3n) is 5.16. The van der Waals surface area contributed by atoms with Gasteiger partial charge in [-0.1, -0.05) is 18.7 Å². The molecule has 0 aromatic carbocycles. The van der Waals surface area contributed by atoms with Crippen molar-refractivity contribution in [2.75, 3.05) is 13.2 Å². The normalized spacial score (nSPS) is 20.4. The lowest BCUT2D eigenvalue weighted by atomic mass is 9.82. The summed E-state index contributed by atoms with van der Waals surface area (Å²) < 4.78 is 5.50. The number of carbonyl (C=O) groups excluding carboxylic acids is 1. The highest BCUT2D eigenvalue weighted by atomic mass is 16.5. The fourth-order valence-electron chi connectivity index (χ4n) is 3.90. The van der Waals surface area contributed by atoms with Crippen LogP contribution in [0.4, 0.5) is 0 Å². The minimum absolute atomic E-state index is 0.140. The highest BCUT2D eigenvalue weighted by Gasteiger charge is 2.22. The zero-order chi connectivity index (χ0) is 17.2. The molecule has 1 aliphatic carbocycles. The summed E-state index contributed by atoms with van der Waals surface area (Å²) >= 11 is 0. The number of hydrogen-bond acceptors (Lipinski definition) is 3. The molecule has 4 rings (SSSR count). The van der Waals surface area contributed by atoms with Crippen LogP contribution in [0.15, 0.2) is 43.3 Å². The van der Waals surface area contributed by atoms with E-state index >= 15 is 0 Å². The van der Waals surface area contributed by atoms with Gasteiger partial charge in [0.1, 0.15) is 5.65 Å². The first-order valence-corrected chi connectivity index (χ1v) is 8.84. The number of H-pyrrole nitrogens is 1. The summed E-state index contributed by atoms with van der Waals surface area (Å²) in [6.07, 6.45) is 13.4. The van der Waals surface area contributed by atoms with Crippen LogP contribution >= 0.6 is 0 Å². The number of ketones is 1. The highest BCUT2D eigenvalue weighted by Crippen LogP contribution is 2.38. The Balaban J connectivity index is 1.71. The molecule has 25 heavy (non-hydrogen) atoms. The molecule has 2 aromatic heterocycles. The predicted molar refractivity (Wildman–Crippen MR) is 100 cm³/mol. The Morgan fingerprint density at radius 2 is 2.28 bits per heavy atom. The fourth-order valence-corrected chi connectivity index (χ4v) is 3.90. The average Bonchev–Trinajstić information content (AvgIpc) is 3.30. The van der Waals surface area contributed by atoms with Crippen LogP contribution in [0.25, 0.3) is 22.2 Å². The standard InChI is InChI=1S/C21H22N2O2/c1-2-17(24)11-14-4-3-5-15(10-14)18-6-8-22-21-20(18)19(12-23-21)16-7-9-25-13-16/h2,5-8,12,14H,1,3-4,9-11,13H2,(H,22,23). The minimum Gasteiger partial charge on any atom is -0.373 e. The van der Waals surface area contributed by atoms with Gasteiger partial charge in [0.15, 0.2) is 5.78 Å². The van der Waals surface area contributed by atoms with E-state index in [2.05, 4.69) is 34.8 Å². The number of allylic oxidation sites excluding steroid dienone is 3. The van der Waals surface area contributed by atoms with E-state index < -0.39 is 0 Å². The summed E-state index contributed by atoms with van der Waals surface area (Å²) in [4.78, 5) is 19.5. The van der Waals surface area contributed by atoms with E-state index in [4.69, 9.17) is 4.74 Å². The SMILES string of the molecule is C=CC(=O)CC1CCC=C(c2ccnc3[nH]cc(C4=CCOC4)c23)C1. The third kappa shape index (κ3) is 3.10. The molecule has 1 atom stereocenters. The molecule has 4 heteroatoms. The molecule has 2 aromatic rings. The summed E-state index contributed by atoms with van der Waals surface area (Å²) in [5.41, 5.74) is 5.85. The summed E-state index contributed by atoms with van der Waals surface area (Å²) in [5, 5.41) is 1.17. The van der Waals surface area contributed by atoms with Crippen molar-refractivity contribution in [1.82, 2.24) is 9.97 Å². The maximum absolute atomic E-state index is 11.7. The van der Waals surface area contributed by atoms with Crippen molar-refractivity contribution in [2.24, 2.45) is 5.92 Å². The molecule has 0 fully saturated rings. The first-order valence-electron chi connectivity index (χ1n) is 8.84. The second-order valence-electron chi connectivity index (χ2n) is 6.78. The molecule has 0 bridgehead atoms. The Kier molecular flexibility index (Phi) is 4.36. The largest absolute Gasteiger partial charge is 0.373 e. The molecule has 0 saturated heterocycles. The molecular formula is C21H22N2O2. The van der Waals surface area contributed by atoms with Crippen molar-refractivity contribution in [3.63, 3.8) is 0 Å². The fraction of sp³-hybridized carbons (Fsp3) is 0.333. The van der Waals surface area contributed by atoms with Gasteiger partial charge in [-0.2, -0.15) is 0 Å². The van der Waals surface area contributed by atoms with Crippen molar-refractivity contribution in [2.45, 2.75) is 25.7 Å². The van der Waals surface area contributed by atoms with E-state index in [9.17, 15) is 4.79 Å². The van der Waals surface area contributed by atoms with Gasteiger partial charge in [-0.15, -0.1) is 0 Å². The van der Waals surface area contributed by atoms with Gasteiger partial charge in [-0.05, 0) is 54.0 Å². The van der Waals surface area contributed by atoms with Crippen LogP contribution < -0.4 is 0 Å². The Labute approximate surface area is 147 Å². The quantitative estimate of drug-likeness (QED) is 0.829. The molecule has 3 heterocycles. The van der Waals surface area contributed by atoms with Crippen LogP contribution in [0, 0.1) is 5.92 Å². The molecule has 2 aliphatic rings. The van der Waals surface area contributed by atoms with E-state index in [1.165, 1.54) is 33.7 Å². The number of aromatic amines is 1.